The number of aliphatic hydroxyl groups excluding tert-OH is 1. The molecule has 182 valence electrons. The van der Waals surface area contributed by atoms with Crippen molar-refractivity contribution in [2.75, 3.05) is 13.7 Å². The van der Waals surface area contributed by atoms with Gasteiger partial charge < -0.3 is 24.3 Å². The van der Waals surface area contributed by atoms with Gasteiger partial charge in [0.05, 0.1) is 28.7 Å². The molecule has 6 nitrogen and oxygen atoms in total. The van der Waals surface area contributed by atoms with E-state index in [4.69, 9.17) is 4.74 Å². The van der Waals surface area contributed by atoms with Crippen LogP contribution < -0.4 is 5.32 Å². The summed E-state index contributed by atoms with van der Waals surface area (Å²) in [4.78, 5) is 13.5. The van der Waals surface area contributed by atoms with Gasteiger partial charge in [0.15, 0.2) is 11.5 Å². The van der Waals surface area contributed by atoms with Crippen molar-refractivity contribution in [2.45, 2.75) is 50.6 Å². The van der Waals surface area contributed by atoms with Crippen molar-refractivity contribution in [3.05, 3.63) is 59.7 Å². The van der Waals surface area contributed by atoms with Gasteiger partial charge in [0.1, 0.15) is 5.72 Å². The molecule has 2 bridgehead atoms. The molecule has 0 unspecified atom stereocenters. The van der Waals surface area contributed by atoms with E-state index in [2.05, 4.69) is 76.8 Å². The number of fused-ring (bicyclic) bond motifs is 13. The Morgan fingerprint density at radius 3 is 2.31 bits per heavy atom. The summed E-state index contributed by atoms with van der Waals surface area (Å²) in [7, 11) is 1.98. The molecule has 1 fully saturated rings. The number of carbonyl (C=O) groups is 1. The number of hydrogen-bond acceptors (Lipinski definition) is 4. The molecule has 3 aromatic carbocycles. The summed E-state index contributed by atoms with van der Waals surface area (Å²) in [5.41, 5.74) is 4.94. The molecule has 0 radical (unpaired) electrons. The number of rotatable bonds is 2. The van der Waals surface area contributed by atoms with Crippen molar-refractivity contribution in [2.24, 2.45) is 5.92 Å². The molecule has 2 aliphatic heterocycles. The third kappa shape index (κ3) is 2.15. The van der Waals surface area contributed by atoms with E-state index in [-0.39, 0.29) is 24.3 Å². The van der Waals surface area contributed by atoms with Crippen LogP contribution in [0.4, 0.5) is 0 Å². The molecule has 36 heavy (non-hydrogen) atoms. The first kappa shape index (κ1) is 20.9. The molecule has 1 aliphatic carbocycles. The Hall–Kier alpha value is -3.19. The van der Waals surface area contributed by atoms with Crippen molar-refractivity contribution in [1.29, 1.82) is 0 Å². The highest BCUT2D eigenvalue weighted by molar-refractivity contribution is 6.31. The average Bonchev–Trinajstić information content (AvgIpc) is 3.51. The maximum absolute atomic E-state index is 13.5. The Balaban J connectivity index is 1.74. The number of aromatic nitrogens is 2. The quantitative estimate of drug-likeness (QED) is 0.374. The first-order valence-electron chi connectivity index (χ1n) is 13.0. The highest BCUT2D eigenvalue weighted by atomic mass is 16.6. The van der Waals surface area contributed by atoms with Gasteiger partial charge in [-0.2, -0.15) is 0 Å². The lowest BCUT2D eigenvalue weighted by atomic mass is 9.81. The third-order valence-corrected chi connectivity index (χ3v) is 9.39. The predicted molar refractivity (Wildman–Crippen MR) is 142 cm³/mol. The standard InChI is InChI=1S/C30H29N3O3/c1-29-14-20(31-3)19(15-34)30(2,36-29)33-22-11-7-4-8-16(22)24-18-12-13-23(35)25(18)26-17-9-5-6-10-21(17)32(29)28(26)27(24)33/h4-11,19-20,31,34H,12-15H2,1-3H3/t19-,20-,29-,30+/m1/s1. The summed E-state index contributed by atoms with van der Waals surface area (Å²) >= 11 is 0. The topological polar surface area (TPSA) is 68.4 Å². The number of ketones is 1. The van der Waals surface area contributed by atoms with Gasteiger partial charge in [-0.05, 0) is 45.0 Å². The van der Waals surface area contributed by atoms with E-state index < -0.39 is 11.4 Å². The average molecular weight is 480 g/mol. The molecule has 0 saturated carbocycles. The zero-order chi connectivity index (χ0) is 24.6. The number of nitrogens with zero attached hydrogens (tertiary/aromatic N) is 2. The van der Waals surface area contributed by atoms with E-state index in [1.54, 1.807) is 0 Å². The summed E-state index contributed by atoms with van der Waals surface area (Å²) in [6, 6.07) is 17.0. The van der Waals surface area contributed by atoms with Crippen LogP contribution in [-0.2, 0) is 22.6 Å². The molecule has 0 spiro atoms. The van der Waals surface area contributed by atoms with Crippen molar-refractivity contribution < 1.29 is 14.6 Å². The zero-order valence-corrected chi connectivity index (χ0v) is 20.8. The Bertz CT molecular complexity index is 1800. The Labute approximate surface area is 208 Å². The maximum atomic E-state index is 13.5. The minimum Gasteiger partial charge on any atom is -0.396 e. The molecule has 2 N–H and O–H groups in total. The van der Waals surface area contributed by atoms with Gasteiger partial charge in [0.25, 0.3) is 0 Å². The molecule has 2 aromatic heterocycles. The molecule has 6 heteroatoms. The van der Waals surface area contributed by atoms with E-state index in [9.17, 15) is 9.90 Å². The molecule has 4 atom stereocenters. The molecule has 4 heterocycles. The summed E-state index contributed by atoms with van der Waals surface area (Å²) in [5, 5.41) is 18.7. The largest absolute Gasteiger partial charge is 0.396 e. The second kappa shape index (κ2) is 6.57. The molecule has 3 aliphatic rings. The van der Waals surface area contributed by atoms with Crippen molar-refractivity contribution in [3.63, 3.8) is 0 Å². The number of carbonyl (C=O) groups excluding carboxylic acids is 1. The first-order valence-corrected chi connectivity index (χ1v) is 13.0. The molecule has 5 aromatic rings. The van der Waals surface area contributed by atoms with Gasteiger partial charge in [-0.3, -0.25) is 4.79 Å². The Morgan fingerprint density at radius 2 is 1.61 bits per heavy atom. The van der Waals surface area contributed by atoms with Crippen molar-refractivity contribution in [1.82, 2.24) is 14.5 Å². The third-order valence-electron chi connectivity index (χ3n) is 9.39. The van der Waals surface area contributed by atoms with Crippen LogP contribution in [0.2, 0.25) is 0 Å². The zero-order valence-electron chi connectivity index (χ0n) is 20.8. The lowest BCUT2D eigenvalue weighted by molar-refractivity contribution is -0.283. The van der Waals surface area contributed by atoms with Gasteiger partial charge in [-0.15, -0.1) is 0 Å². The fourth-order valence-electron chi connectivity index (χ4n) is 8.07. The van der Waals surface area contributed by atoms with Crippen molar-refractivity contribution in [3.8, 4) is 0 Å². The molecular weight excluding hydrogens is 450 g/mol. The number of nitrogens with one attached hydrogen (secondary N) is 1. The van der Waals surface area contributed by atoms with Crippen LogP contribution in [0.1, 0.15) is 42.6 Å². The monoisotopic (exact) mass is 479 g/mol. The number of ether oxygens (including phenoxy) is 1. The summed E-state index contributed by atoms with van der Waals surface area (Å²) < 4.78 is 12.0. The lowest BCUT2D eigenvalue weighted by Gasteiger charge is -2.53. The van der Waals surface area contributed by atoms with Crippen LogP contribution in [-0.4, -0.2) is 39.7 Å². The minimum atomic E-state index is -0.805. The number of hydrogen-bond donors (Lipinski definition) is 2. The van der Waals surface area contributed by atoms with E-state index in [0.29, 0.717) is 12.8 Å². The van der Waals surface area contributed by atoms with Crippen molar-refractivity contribution >= 4 is 49.4 Å². The molecular formula is C30H29N3O3. The van der Waals surface area contributed by atoms with Crippen LogP contribution in [0.3, 0.4) is 0 Å². The normalized spacial score (nSPS) is 29.2. The second-order valence-corrected chi connectivity index (χ2v) is 11.1. The maximum Gasteiger partial charge on any atom is 0.164 e. The lowest BCUT2D eigenvalue weighted by Crippen LogP contribution is -2.61. The van der Waals surface area contributed by atoms with E-state index in [1.807, 2.05) is 7.05 Å². The molecule has 1 saturated heterocycles. The van der Waals surface area contributed by atoms with Crippen LogP contribution >= 0.6 is 0 Å². The fraction of sp³-hybridized carbons (Fsp3) is 0.367. The van der Waals surface area contributed by atoms with Gasteiger partial charge in [0.2, 0.25) is 0 Å². The SMILES string of the molecule is CN[C@@H]1C[C@@]2(C)O[C@@](C)([C@@H]1CO)n1c3ccccc3c3c4c(c5c6ccccc6n2c5c31)C(=O)CC4. The van der Waals surface area contributed by atoms with Gasteiger partial charge in [-0.1, -0.05) is 36.4 Å². The van der Waals surface area contributed by atoms with Gasteiger partial charge in [-0.25, -0.2) is 0 Å². The van der Waals surface area contributed by atoms with Crippen LogP contribution in [0.25, 0.3) is 43.6 Å². The van der Waals surface area contributed by atoms with Gasteiger partial charge >= 0.3 is 0 Å². The van der Waals surface area contributed by atoms with E-state index in [0.717, 1.165) is 55.8 Å². The minimum absolute atomic E-state index is 0.00823. The Kier molecular flexibility index (Phi) is 3.82. The Morgan fingerprint density at radius 1 is 0.972 bits per heavy atom. The first-order chi connectivity index (χ1) is 17.4. The fourth-order valence-corrected chi connectivity index (χ4v) is 8.07. The highest BCUT2D eigenvalue weighted by Crippen LogP contribution is 2.56. The number of para-hydroxylation sites is 2. The smallest absolute Gasteiger partial charge is 0.164 e. The predicted octanol–water partition coefficient (Wildman–Crippen LogP) is 5.01. The van der Waals surface area contributed by atoms with Crippen LogP contribution in [0, 0.1) is 5.92 Å². The van der Waals surface area contributed by atoms with Crippen LogP contribution in [0.15, 0.2) is 48.5 Å². The summed E-state index contributed by atoms with van der Waals surface area (Å²) in [6.07, 6.45) is 2.01. The van der Waals surface area contributed by atoms with Crippen LogP contribution in [0.5, 0.6) is 0 Å². The number of benzene rings is 3. The molecule has 0 amide bonds. The number of aliphatic hydroxyl groups is 1. The molecule has 8 rings (SSSR count). The highest BCUT2D eigenvalue weighted by Gasteiger charge is 2.56. The van der Waals surface area contributed by atoms with E-state index >= 15 is 0 Å². The van der Waals surface area contributed by atoms with E-state index in [1.165, 1.54) is 5.39 Å². The summed E-state index contributed by atoms with van der Waals surface area (Å²) in [5.74, 6) is 0.0767. The second-order valence-electron chi connectivity index (χ2n) is 11.1. The summed E-state index contributed by atoms with van der Waals surface area (Å²) in [6.45, 7) is 4.32. The van der Waals surface area contributed by atoms with Gasteiger partial charge in [0, 0.05) is 51.9 Å². The number of aryl methyl sites for hydroxylation is 1. The number of Topliss-reactive ketones (excluding diaryl/α,β-unsaturated/α-hetero) is 1.